The van der Waals surface area contributed by atoms with Crippen molar-refractivity contribution in [2.45, 2.75) is 27.2 Å². The van der Waals surface area contributed by atoms with E-state index in [0.29, 0.717) is 18.9 Å². The third-order valence-corrected chi connectivity index (χ3v) is 3.26. The molecule has 0 spiro atoms. The van der Waals surface area contributed by atoms with E-state index in [-0.39, 0.29) is 5.91 Å². The Morgan fingerprint density at radius 3 is 2.50 bits per heavy atom. The maximum Gasteiger partial charge on any atom is 0.226 e. The molecule has 0 heterocycles. The van der Waals surface area contributed by atoms with Gasteiger partial charge >= 0.3 is 0 Å². The van der Waals surface area contributed by atoms with E-state index >= 15 is 0 Å². The number of hydrogen-bond acceptors (Lipinski definition) is 2. The van der Waals surface area contributed by atoms with Gasteiger partial charge in [-0.3, -0.25) is 9.79 Å². The van der Waals surface area contributed by atoms with Gasteiger partial charge in [-0.15, -0.1) is 0 Å². The fourth-order valence-electron chi connectivity index (χ4n) is 1.67. The van der Waals surface area contributed by atoms with Gasteiger partial charge in [0.25, 0.3) is 0 Å². The van der Waals surface area contributed by atoms with Crippen molar-refractivity contribution in [1.29, 1.82) is 0 Å². The fraction of sp³-hybridized carbons (Fsp3) is 0.500. The van der Waals surface area contributed by atoms with Gasteiger partial charge in [0.15, 0.2) is 5.96 Å². The summed E-state index contributed by atoms with van der Waals surface area (Å²) in [5, 5.41) is 9.21. The van der Waals surface area contributed by atoms with Gasteiger partial charge in [-0.1, -0.05) is 29.8 Å². The lowest BCUT2D eigenvalue weighted by atomic mass is 10.2. The van der Waals surface area contributed by atoms with Gasteiger partial charge in [-0.2, -0.15) is 0 Å². The van der Waals surface area contributed by atoms with Crippen molar-refractivity contribution in [1.82, 2.24) is 10.6 Å². The van der Waals surface area contributed by atoms with Crippen LogP contribution in [0.5, 0.6) is 0 Å². The number of nitrogens with zero attached hydrogens (tertiary/aromatic N) is 1. The molecular weight excluding hydrogens is 344 g/mol. The van der Waals surface area contributed by atoms with Gasteiger partial charge < -0.3 is 16.0 Å². The SMILES string of the molecule is CCNC(=NCC(C)C)NCCC(=O)Nc1ccc(Br)cc1. The summed E-state index contributed by atoms with van der Waals surface area (Å²) in [6.07, 6.45) is 0.391. The molecule has 0 aliphatic carbocycles. The van der Waals surface area contributed by atoms with Gasteiger partial charge in [-0.05, 0) is 37.1 Å². The van der Waals surface area contributed by atoms with Crippen molar-refractivity contribution >= 4 is 33.5 Å². The molecule has 0 aliphatic heterocycles. The minimum atomic E-state index is -0.0190. The summed E-state index contributed by atoms with van der Waals surface area (Å²) in [6.45, 7) is 8.38. The van der Waals surface area contributed by atoms with Crippen LogP contribution in [0.25, 0.3) is 0 Å². The van der Waals surface area contributed by atoms with Crippen LogP contribution in [-0.4, -0.2) is 31.5 Å². The number of hydrogen-bond donors (Lipinski definition) is 3. The predicted molar refractivity (Wildman–Crippen MR) is 96.2 cm³/mol. The van der Waals surface area contributed by atoms with Crippen LogP contribution < -0.4 is 16.0 Å². The molecule has 0 bridgehead atoms. The van der Waals surface area contributed by atoms with Crippen LogP contribution in [-0.2, 0) is 4.79 Å². The van der Waals surface area contributed by atoms with E-state index in [4.69, 9.17) is 0 Å². The Morgan fingerprint density at radius 2 is 1.91 bits per heavy atom. The average molecular weight is 369 g/mol. The Hall–Kier alpha value is -1.56. The van der Waals surface area contributed by atoms with E-state index in [1.807, 2.05) is 31.2 Å². The monoisotopic (exact) mass is 368 g/mol. The normalized spacial score (nSPS) is 11.4. The van der Waals surface area contributed by atoms with Crippen molar-refractivity contribution < 1.29 is 4.79 Å². The van der Waals surface area contributed by atoms with Crippen LogP contribution in [0.4, 0.5) is 5.69 Å². The summed E-state index contributed by atoms with van der Waals surface area (Å²) in [5.74, 6) is 1.25. The van der Waals surface area contributed by atoms with E-state index in [1.54, 1.807) is 0 Å². The molecule has 1 rings (SSSR count). The molecule has 3 N–H and O–H groups in total. The van der Waals surface area contributed by atoms with Gasteiger partial charge in [0.2, 0.25) is 5.91 Å². The summed E-state index contributed by atoms with van der Waals surface area (Å²) in [4.78, 5) is 16.3. The molecule has 0 atom stereocenters. The molecular formula is C16H25BrN4O. The van der Waals surface area contributed by atoms with Crippen molar-refractivity contribution in [3.8, 4) is 0 Å². The van der Waals surface area contributed by atoms with Gasteiger partial charge in [0.1, 0.15) is 0 Å². The van der Waals surface area contributed by atoms with Gasteiger partial charge in [0, 0.05) is 36.2 Å². The van der Waals surface area contributed by atoms with E-state index in [1.165, 1.54) is 0 Å². The highest BCUT2D eigenvalue weighted by Crippen LogP contribution is 2.14. The van der Waals surface area contributed by atoms with Crippen molar-refractivity contribution in [2.75, 3.05) is 25.0 Å². The van der Waals surface area contributed by atoms with Crippen molar-refractivity contribution in [2.24, 2.45) is 10.9 Å². The van der Waals surface area contributed by atoms with Crippen LogP contribution in [0.2, 0.25) is 0 Å². The zero-order valence-corrected chi connectivity index (χ0v) is 15.0. The molecule has 0 aromatic heterocycles. The molecule has 0 saturated carbocycles. The smallest absolute Gasteiger partial charge is 0.226 e. The zero-order chi connectivity index (χ0) is 16.4. The Bertz CT molecular complexity index is 485. The summed E-state index contributed by atoms with van der Waals surface area (Å²) < 4.78 is 0.990. The average Bonchev–Trinajstić information content (AvgIpc) is 2.47. The predicted octanol–water partition coefficient (Wildman–Crippen LogP) is 2.99. The number of guanidine groups is 1. The molecule has 6 heteroatoms. The standard InChI is InChI=1S/C16H25BrN4O/c1-4-18-16(20-11-12(2)3)19-10-9-15(22)21-14-7-5-13(17)6-8-14/h5-8,12H,4,9-11H2,1-3H3,(H,21,22)(H2,18,19,20). The third-order valence-electron chi connectivity index (χ3n) is 2.73. The van der Waals surface area contributed by atoms with Gasteiger partial charge in [-0.25, -0.2) is 0 Å². The van der Waals surface area contributed by atoms with Crippen LogP contribution in [0, 0.1) is 5.92 Å². The number of anilines is 1. The number of aliphatic imine (C=N–C) groups is 1. The highest BCUT2D eigenvalue weighted by atomic mass is 79.9. The molecule has 1 aromatic rings. The fourth-order valence-corrected chi connectivity index (χ4v) is 1.93. The number of nitrogens with one attached hydrogen (secondary N) is 3. The minimum absolute atomic E-state index is 0.0190. The molecule has 1 aromatic carbocycles. The lowest BCUT2D eigenvalue weighted by Gasteiger charge is -2.12. The first-order chi connectivity index (χ1) is 10.5. The Kier molecular flexibility index (Phi) is 8.58. The van der Waals surface area contributed by atoms with E-state index < -0.39 is 0 Å². The summed E-state index contributed by atoms with van der Waals surface area (Å²) in [5.41, 5.74) is 0.800. The molecule has 22 heavy (non-hydrogen) atoms. The van der Waals surface area contributed by atoms with Crippen molar-refractivity contribution in [3.63, 3.8) is 0 Å². The maximum absolute atomic E-state index is 11.9. The van der Waals surface area contributed by atoms with Crippen LogP contribution in [0.15, 0.2) is 33.7 Å². The largest absolute Gasteiger partial charge is 0.357 e. The molecule has 0 aliphatic rings. The first-order valence-electron chi connectivity index (χ1n) is 7.59. The summed E-state index contributed by atoms with van der Waals surface area (Å²) >= 11 is 3.37. The zero-order valence-electron chi connectivity index (χ0n) is 13.4. The Morgan fingerprint density at radius 1 is 1.23 bits per heavy atom. The highest BCUT2D eigenvalue weighted by Gasteiger charge is 2.04. The molecule has 0 radical (unpaired) electrons. The van der Waals surface area contributed by atoms with Crippen LogP contribution in [0.3, 0.4) is 0 Å². The molecule has 0 unspecified atom stereocenters. The number of carbonyl (C=O) groups excluding carboxylic acids is 1. The van der Waals surface area contributed by atoms with Gasteiger partial charge in [0.05, 0.1) is 0 Å². The van der Waals surface area contributed by atoms with E-state index in [0.717, 1.165) is 29.2 Å². The molecule has 5 nitrogen and oxygen atoms in total. The summed E-state index contributed by atoms with van der Waals surface area (Å²) in [6, 6.07) is 7.53. The second-order valence-corrected chi connectivity index (χ2v) is 6.26. The number of carbonyl (C=O) groups is 1. The third kappa shape index (κ3) is 8.02. The minimum Gasteiger partial charge on any atom is -0.357 e. The molecule has 0 saturated heterocycles. The number of benzene rings is 1. The number of halogens is 1. The Balaban J connectivity index is 2.35. The first kappa shape index (κ1) is 18.5. The topological polar surface area (TPSA) is 65.5 Å². The molecule has 1 amide bonds. The lowest BCUT2D eigenvalue weighted by molar-refractivity contribution is -0.116. The second-order valence-electron chi connectivity index (χ2n) is 5.35. The maximum atomic E-state index is 11.9. The highest BCUT2D eigenvalue weighted by molar-refractivity contribution is 9.10. The van der Waals surface area contributed by atoms with E-state index in [9.17, 15) is 4.79 Å². The van der Waals surface area contributed by atoms with Crippen LogP contribution >= 0.6 is 15.9 Å². The second kappa shape index (κ2) is 10.2. The van der Waals surface area contributed by atoms with Crippen molar-refractivity contribution in [3.05, 3.63) is 28.7 Å². The number of rotatable bonds is 7. The van der Waals surface area contributed by atoms with E-state index in [2.05, 4.69) is 50.7 Å². The first-order valence-corrected chi connectivity index (χ1v) is 8.38. The number of amides is 1. The Labute approximate surface area is 141 Å². The molecule has 122 valence electrons. The van der Waals surface area contributed by atoms with Crippen LogP contribution in [0.1, 0.15) is 27.2 Å². The lowest BCUT2D eigenvalue weighted by Crippen LogP contribution is -2.39. The summed E-state index contributed by atoms with van der Waals surface area (Å²) in [7, 11) is 0. The quantitative estimate of drug-likeness (QED) is 0.511. The molecule has 0 fully saturated rings.